The lowest BCUT2D eigenvalue weighted by atomic mass is 10.1. The largest absolute Gasteiger partial charge is 0.472 e. The number of unbranched alkanes of at least 4 members (excludes halogenated alkanes) is 5. The molecular formula is C34H51F3N4O9S2. The Balaban J connectivity index is 1.61. The zero-order chi connectivity index (χ0) is 38.2. The van der Waals surface area contributed by atoms with E-state index in [0.717, 1.165) is 13.0 Å². The minimum atomic E-state index is -5.06. The van der Waals surface area contributed by atoms with Crippen LogP contribution >= 0.6 is 11.8 Å². The van der Waals surface area contributed by atoms with Gasteiger partial charge >= 0.3 is 22.2 Å². The van der Waals surface area contributed by atoms with Crippen LogP contribution in [0.4, 0.5) is 30.2 Å². The minimum absolute atomic E-state index is 0.101. The fourth-order valence-corrected chi connectivity index (χ4v) is 6.11. The van der Waals surface area contributed by atoms with Crippen LogP contribution in [-0.2, 0) is 42.9 Å². The zero-order valence-electron chi connectivity index (χ0n) is 29.9. The van der Waals surface area contributed by atoms with Gasteiger partial charge in [0.1, 0.15) is 4.90 Å². The van der Waals surface area contributed by atoms with Crippen molar-refractivity contribution in [2.24, 2.45) is 0 Å². The van der Waals surface area contributed by atoms with Crippen molar-refractivity contribution in [2.45, 2.75) is 70.4 Å². The number of thioether (sulfide) groups is 1. The Morgan fingerprint density at radius 1 is 0.750 bits per heavy atom. The highest BCUT2D eigenvalue weighted by molar-refractivity contribution is 7.99. The van der Waals surface area contributed by atoms with Crippen molar-refractivity contribution in [3.8, 4) is 0 Å². The lowest BCUT2D eigenvalue weighted by molar-refractivity contribution is -0.173. The maximum atomic E-state index is 13.0. The lowest BCUT2D eigenvalue weighted by Gasteiger charge is -2.16. The number of halogens is 3. The molecule has 13 nitrogen and oxygen atoms in total. The molecule has 0 bridgehead atoms. The van der Waals surface area contributed by atoms with E-state index >= 15 is 0 Å². The first-order valence-corrected chi connectivity index (χ1v) is 19.6. The molecule has 0 spiro atoms. The van der Waals surface area contributed by atoms with Crippen LogP contribution in [0, 0.1) is 13.8 Å². The van der Waals surface area contributed by atoms with Crippen LogP contribution in [0.5, 0.6) is 0 Å². The second kappa shape index (κ2) is 25.0. The number of rotatable bonds is 28. The van der Waals surface area contributed by atoms with Crippen molar-refractivity contribution >= 4 is 50.8 Å². The number of ether oxygens (including phenoxy) is 4. The van der Waals surface area contributed by atoms with Gasteiger partial charge in [0.25, 0.3) is 0 Å². The number of carbonyl (C=O) groups is 2. The van der Waals surface area contributed by atoms with Gasteiger partial charge in [0.05, 0.1) is 63.4 Å². The number of hydrazine groups is 1. The molecule has 2 aromatic rings. The summed E-state index contributed by atoms with van der Waals surface area (Å²) in [6.45, 7) is 9.60. The molecule has 2 amide bonds. The van der Waals surface area contributed by atoms with Crippen molar-refractivity contribution in [3.05, 3.63) is 47.5 Å². The molecule has 0 aromatic heterocycles. The van der Waals surface area contributed by atoms with Gasteiger partial charge in [-0.15, -0.1) is 16.0 Å². The van der Waals surface area contributed by atoms with Crippen LogP contribution in [0.1, 0.15) is 56.6 Å². The summed E-state index contributed by atoms with van der Waals surface area (Å²) in [7, 11) is -4.36. The molecule has 0 heterocycles. The smallest absolute Gasteiger partial charge is 0.379 e. The van der Waals surface area contributed by atoms with Gasteiger partial charge in [0, 0.05) is 18.0 Å². The molecule has 0 aliphatic rings. The second-order valence-corrected chi connectivity index (χ2v) is 14.1. The van der Waals surface area contributed by atoms with E-state index in [1.165, 1.54) is 92.6 Å². The number of aryl methyl sites for hydroxylation is 1. The maximum Gasteiger partial charge on any atom is 0.472 e. The van der Waals surface area contributed by atoms with Crippen LogP contribution in [0.15, 0.2) is 41.3 Å². The van der Waals surface area contributed by atoms with Gasteiger partial charge in [0.15, 0.2) is 0 Å². The molecule has 0 saturated heterocycles. The molecule has 0 saturated carbocycles. The fraction of sp³-hybridized carbons (Fsp3) is 0.588. The Kier molecular flexibility index (Phi) is 21.6. The summed E-state index contributed by atoms with van der Waals surface area (Å²) in [5.74, 6) is -1.80. The highest BCUT2D eigenvalue weighted by atomic mass is 32.2. The third kappa shape index (κ3) is 18.6. The van der Waals surface area contributed by atoms with E-state index < -0.39 is 22.2 Å². The number of alkyl halides is 3. The Morgan fingerprint density at radius 2 is 1.31 bits per heavy atom. The molecule has 0 aliphatic carbocycles. The molecule has 2 rings (SSSR count). The average Bonchev–Trinajstić information content (AvgIpc) is 3.10. The third-order valence-corrected chi connectivity index (χ3v) is 9.46. The third-order valence-electron chi connectivity index (χ3n) is 7.25. The molecule has 2 aromatic carbocycles. The maximum absolute atomic E-state index is 13.0. The van der Waals surface area contributed by atoms with Crippen molar-refractivity contribution < 1.29 is 54.4 Å². The quantitative estimate of drug-likeness (QED) is 0.0578. The van der Waals surface area contributed by atoms with E-state index in [2.05, 4.69) is 23.1 Å². The highest BCUT2D eigenvalue weighted by Crippen LogP contribution is 2.28. The summed E-state index contributed by atoms with van der Waals surface area (Å²) < 4.78 is 90.0. The van der Waals surface area contributed by atoms with E-state index in [0.29, 0.717) is 63.3 Å². The number of hydrogen-bond donors (Lipinski definition) is 4. The Hall–Kier alpha value is -3.13. The first-order chi connectivity index (χ1) is 24.8. The number of hydrogen-bond acceptors (Lipinski definition) is 12. The Labute approximate surface area is 308 Å². The molecule has 0 radical (unpaired) electrons. The summed E-state index contributed by atoms with van der Waals surface area (Å²) in [5.41, 5.74) is 7.38. The van der Waals surface area contributed by atoms with Crippen molar-refractivity contribution in [3.63, 3.8) is 0 Å². The van der Waals surface area contributed by atoms with Gasteiger partial charge in [-0.3, -0.25) is 20.4 Å². The second-order valence-electron chi connectivity index (χ2n) is 11.5. The van der Waals surface area contributed by atoms with Crippen LogP contribution in [0.25, 0.3) is 0 Å². The normalized spacial score (nSPS) is 11.7. The molecule has 0 aliphatic heterocycles. The Bertz CT molecular complexity index is 1450. The number of carbonyl (C=O) groups excluding carboxylic acids is 2. The number of anilines is 3. The van der Waals surface area contributed by atoms with Gasteiger partial charge in [-0.25, -0.2) is 5.48 Å². The fourth-order valence-electron chi connectivity index (χ4n) is 4.46. The summed E-state index contributed by atoms with van der Waals surface area (Å²) in [5, 5.41) is 2.77. The summed E-state index contributed by atoms with van der Waals surface area (Å²) in [4.78, 5) is 23.4. The van der Waals surface area contributed by atoms with E-state index in [1.54, 1.807) is 6.92 Å². The van der Waals surface area contributed by atoms with Gasteiger partial charge < -0.3 is 24.3 Å². The Morgan fingerprint density at radius 3 is 1.92 bits per heavy atom. The lowest BCUT2D eigenvalue weighted by Crippen LogP contribution is -2.40. The monoisotopic (exact) mass is 780 g/mol. The molecular weight excluding hydrogens is 730 g/mol. The van der Waals surface area contributed by atoms with Crippen LogP contribution in [0.3, 0.4) is 0 Å². The summed E-state index contributed by atoms with van der Waals surface area (Å²) in [6, 6.07) is 8.09. The topological polar surface area (TPSA) is 163 Å². The van der Waals surface area contributed by atoms with Crippen LogP contribution in [0.2, 0.25) is 0 Å². The van der Waals surface area contributed by atoms with E-state index in [4.69, 9.17) is 23.2 Å². The van der Waals surface area contributed by atoms with Crippen molar-refractivity contribution in [1.29, 1.82) is 0 Å². The average molecular weight is 781 g/mol. The standard InChI is InChI=1S/C34H51F3N4O9S2/c1-4-5-6-7-8-9-16-46-17-18-47-19-20-48-21-22-49-23-24-51-25-31(42)38-32-26(2)10-15-30(27(32)3)52(44,45)50-41-29-13-11-28(12-14-29)39-40-33(43)34(35,36)37/h10-15,39,41H,4-9,16-25H2,1-3H3,(H,38,42)(H,40,43). The number of benzene rings is 2. The molecule has 0 fully saturated rings. The zero-order valence-corrected chi connectivity index (χ0v) is 31.5. The van der Waals surface area contributed by atoms with Gasteiger partial charge in [0.2, 0.25) is 5.91 Å². The SMILES string of the molecule is CCCCCCCCOCCOCCOCCOCCSCC(=O)Nc1c(C)ccc(S(=O)(=O)ONc2ccc(NNC(=O)C(F)(F)F)cc2)c1C. The predicted molar refractivity (Wildman–Crippen MR) is 195 cm³/mol. The van der Waals surface area contributed by atoms with Crippen molar-refractivity contribution in [1.82, 2.24) is 5.43 Å². The number of nitrogens with one attached hydrogen (secondary N) is 4. The summed E-state index contributed by atoms with van der Waals surface area (Å²) >= 11 is 1.36. The van der Waals surface area contributed by atoms with E-state index in [-0.39, 0.29) is 33.5 Å². The molecule has 0 unspecified atom stereocenters. The molecule has 294 valence electrons. The van der Waals surface area contributed by atoms with Gasteiger partial charge in [-0.1, -0.05) is 45.1 Å². The molecule has 18 heteroatoms. The van der Waals surface area contributed by atoms with Gasteiger partial charge in [-0.05, 0) is 61.7 Å². The molecule has 0 atom stereocenters. The van der Waals surface area contributed by atoms with Gasteiger partial charge in [-0.2, -0.15) is 21.6 Å². The van der Waals surface area contributed by atoms with E-state index in [1.807, 2.05) is 0 Å². The minimum Gasteiger partial charge on any atom is -0.379 e. The number of amides is 2. The highest BCUT2D eigenvalue weighted by Gasteiger charge is 2.38. The van der Waals surface area contributed by atoms with E-state index in [9.17, 15) is 31.2 Å². The first-order valence-electron chi connectivity index (χ1n) is 17.1. The van der Waals surface area contributed by atoms with Crippen molar-refractivity contribution in [2.75, 3.05) is 80.6 Å². The molecule has 4 N–H and O–H groups in total. The predicted octanol–water partition coefficient (Wildman–Crippen LogP) is 6.14. The molecule has 52 heavy (non-hydrogen) atoms. The summed E-state index contributed by atoms with van der Waals surface area (Å²) in [6.07, 6.45) is 2.38. The first kappa shape index (κ1) is 45.0. The van der Waals surface area contributed by atoms with Crippen LogP contribution in [-0.4, -0.2) is 90.8 Å². The van der Waals surface area contributed by atoms with Crippen LogP contribution < -0.4 is 21.6 Å².